The van der Waals surface area contributed by atoms with Gasteiger partial charge in [0.25, 0.3) is 5.56 Å². The molecule has 9 nitrogen and oxygen atoms in total. The molecule has 1 aliphatic heterocycles. The molecule has 0 radical (unpaired) electrons. The van der Waals surface area contributed by atoms with E-state index in [2.05, 4.69) is 9.97 Å². The molecule has 0 bridgehead atoms. The second-order valence-electron chi connectivity index (χ2n) is 10.7. The van der Waals surface area contributed by atoms with Crippen LogP contribution in [0, 0.1) is 0 Å². The van der Waals surface area contributed by atoms with Crippen molar-refractivity contribution in [2.75, 3.05) is 14.2 Å². The Kier molecular flexibility index (Phi) is 7.06. The molecule has 44 heavy (non-hydrogen) atoms. The Balaban J connectivity index is 1.26. The molecule has 0 spiro atoms. The summed E-state index contributed by atoms with van der Waals surface area (Å²) in [5.74, 6) is 1.87. The number of hydrogen-bond acceptors (Lipinski definition) is 7. The zero-order valence-corrected chi connectivity index (χ0v) is 24.4. The SMILES string of the molecule is COc1cc2ncnc(Oc3ccc(CC(=O)c4c5n(n(-c6ccccc6)c4=O)CCCC5)c4ccccc34)c2cc1OC. The first-order valence-electron chi connectivity index (χ1n) is 14.6. The highest BCUT2D eigenvalue weighted by molar-refractivity contribution is 6.02. The lowest BCUT2D eigenvalue weighted by Crippen LogP contribution is -2.24. The van der Waals surface area contributed by atoms with Crippen LogP contribution in [0.3, 0.4) is 0 Å². The number of rotatable bonds is 8. The highest BCUT2D eigenvalue weighted by Gasteiger charge is 2.28. The van der Waals surface area contributed by atoms with Gasteiger partial charge >= 0.3 is 0 Å². The maximum absolute atomic E-state index is 13.9. The number of benzene rings is 4. The summed E-state index contributed by atoms with van der Waals surface area (Å²) in [7, 11) is 3.15. The van der Waals surface area contributed by atoms with Crippen LogP contribution in [0.1, 0.15) is 34.5 Å². The van der Waals surface area contributed by atoms with Crippen molar-refractivity contribution < 1.29 is 19.0 Å². The minimum atomic E-state index is -0.259. The summed E-state index contributed by atoms with van der Waals surface area (Å²) < 4.78 is 20.9. The van der Waals surface area contributed by atoms with E-state index in [-0.39, 0.29) is 23.3 Å². The predicted octanol–water partition coefficient (Wildman–Crippen LogP) is 6.31. The smallest absolute Gasteiger partial charge is 0.282 e. The third-order valence-corrected chi connectivity index (χ3v) is 8.20. The van der Waals surface area contributed by atoms with Gasteiger partial charge in [-0.3, -0.25) is 14.3 Å². The molecule has 6 aromatic rings. The van der Waals surface area contributed by atoms with Crippen molar-refractivity contribution in [3.63, 3.8) is 0 Å². The van der Waals surface area contributed by atoms with Gasteiger partial charge in [-0.1, -0.05) is 48.5 Å². The van der Waals surface area contributed by atoms with Crippen LogP contribution in [0.5, 0.6) is 23.1 Å². The van der Waals surface area contributed by atoms with Crippen molar-refractivity contribution >= 4 is 27.5 Å². The molecule has 0 unspecified atom stereocenters. The zero-order valence-electron chi connectivity index (χ0n) is 24.4. The van der Waals surface area contributed by atoms with Crippen LogP contribution in [-0.2, 0) is 19.4 Å². The highest BCUT2D eigenvalue weighted by atomic mass is 16.5. The molecule has 0 fully saturated rings. The number of aromatic nitrogens is 4. The van der Waals surface area contributed by atoms with Crippen LogP contribution in [-0.4, -0.2) is 39.3 Å². The van der Waals surface area contributed by atoms with Crippen molar-refractivity contribution in [3.8, 4) is 28.8 Å². The molecule has 0 saturated carbocycles. The number of para-hydroxylation sites is 1. The molecule has 2 aromatic heterocycles. The zero-order chi connectivity index (χ0) is 30.2. The summed E-state index contributed by atoms with van der Waals surface area (Å²) in [5.41, 5.74) is 3.08. The van der Waals surface area contributed by atoms with Gasteiger partial charge in [-0.2, -0.15) is 0 Å². The van der Waals surface area contributed by atoms with E-state index in [1.807, 2.05) is 71.4 Å². The van der Waals surface area contributed by atoms with Crippen LogP contribution >= 0.6 is 0 Å². The fraction of sp³-hybridized carbons (Fsp3) is 0.200. The molecule has 7 rings (SSSR count). The second-order valence-corrected chi connectivity index (χ2v) is 10.7. The van der Waals surface area contributed by atoms with E-state index in [1.165, 1.54) is 6.33 Å². The van der Waals surface area contributed by atoms with Crippen molar-refractivity contribution in [3.05, 3.63) is 112 Å². The molecule has 1 aliphatic rings. The van der Waals surface area contributed by atoms with Crippen LogP contribution in [0.15, 0.2) is 90.0 Å². The standard InChI is InChI=1S/C35H30N4O5/c1-42-31-19-26-27(20-32(31)43-2)36-21-37-34(26)44-30-16-15-22(24-12-6-7-13-25(24)30)18-29(40)33-28-14-8-9-17-38(28)39(35(33)41)23-10-4-3-5-11-23/h3-7,10-13,15-16,19-21H,8-9,14,17-18H2,1-2H3. The van der Waals surface area contributed by atoms with Gasteiger partial charge in [0.2, 0.25) is 5.88 Å². The van der Waals surface area contributed by atoms with Crippen LogP contribution in [0.2, 0.25) is 0 Å². The lowest BCUT2D eigenvalue weighted by molar-refractivity contribution is 0.0991. The number of nitrogens with zero attached hydrogens (tertiary/aromatic N) is 4. The number of carbonyl (C=O) groups excluding carboxylic acids is 1. The summed E-state index contributed by atoms with van der Waals surface area (Å²) in [6.45, 7) is 0.706. The van der Waals surface area contributed by atoms with E-state index in [1.54, 1.807) is 31.0 Å². The maximum Gasteiger partial charge on any atom is 0.282 e. The number of hydrogen-bond donors (Lipinski definition) is 0. The average molecular weight is 587 g/mol. The van der Waals surface area contributed by atoms with Gasteiger partial charge in [-0.05, 0) is 54.5 Å². The molecule has 9 heteroatoms. The Morgan fingerprint density at radius 2 is 1.57 bits per heavy atom. The van der Waals surface area contributed by atoms with E-state index in [9.17, 15) is 9.59 Å². The monoisotopic (exact) mass is 586 g/mol. The number of ketones is 1. The molecule has 220 valence electrons. The fourth-order valence-electron chi connectivity index (χ4n) is 6.12. The van der Waals surface area contributed by atoms with E-state index in [0.29, 0.717) is 47.0 Å². The first-order chi connectivity index (χ1) is 21.6. The summed E-state index contributed by atoms with van der Waals surface area (Å²) in [6.07, 6.45) is 4.15. The Morgan fingerprint density at radius 3 is 2.36 bits per heavy atom. The number of methoxy groups -OCH3 is 2. The van der Waals surface area contributed by atoms with Gasteiger partial charge in [-0.15, -0.1) is 0 Å². The summed E-state index contributed by atoms with van der Waals surface area (Å²) >= 11 is 0. The summed E-state index contributed by atoms with van der Waals surface area (Å²) in [5, 5.41) is 2.36. The normalized spacial score (nSPS) is 12.7. The van der Waals surface area contributed by atoms with E-state index >= 15 is 0 Å². The third kappa shape index (κ3) is 4.66. The van der Waals surface area contributed by atoms with Crippen molar-refractivity contribution in [2.45, 2.75) is 32.2 Å². The van der Waals surface area contributed by atoms with Crippen molar-refractivity contribution in [1.82, 2.24) is 19.3 Å². The number of fused-ring (bicyclic) bond motifs is 3. The molecular weight excluding hydrogens is 556 g/mol. The van der Waals surface area contributed by atoms with Gasteiger partial charge < -0.3 is 14.2 Å². The molecule has 0 aliphatic carbocycles. The third-order valence-electron chi connectivity index (χ3n) is 8.20. The Hall–Kier alpha value is -5.44. The number of carbonyl (C=O) groups is 1. The minimum Gasteiger partial charge on any atom is -0.493 e. The lowest BCUT2D eigenvalue weighted by atomic mass is 9.96. The van der Waals surface area contributed by atoms with E-state index < -0.39 is 0 Å². The van der Waals surface area contributed by atoms with Gasteiger partial charge in [-0.25, -0.2) is 14.6 Å². The van der Waals surface area contributed by atoms with Crippen molar-refractivity contribution in [1.29, 1.82) is 0 Å². The van der Waals surface area contributed by atoms with E-state index in [4.69, 9.17) is 14.2 Å². The first kappa shape index (κ1) is 27.4. The summed E-state index contributed by atoms with van der Waals surface area (Å²) in [6, 6.07) is 24.6. The molecule has 0 amide bonds. The van der Waals surface area contributed by atoms with Crippen molar-refractivity contribution in [2.24, 2.45) is 0 Å². The number of Topliss-reactive ketones (excluding diaryl/α,β-unsaturated/α-hetero) is 1. The van der Waals surface area contributed by atoms with Gasteiger partial charge in [0, 0.05) is 24.4 Å². The topological polar surface area (TPSA) is 97.5 Å². The Labute approximate surface area is 253 Å². The predicted molar refractivity (Wildman–Crippen MR) is 168 cm³/mol. The number of ether oxygens (including phenoxy) is 3. The molecule has 0 saturated heterocycles. The highest BCUT2D eigenvalue weighted by Crippen LogP contribution is 2.38. The van der Waals surface area contributed by atoms with Gasteiger partial charge in [0.05, 0.1) is 36.5 Å². The van der Waals surface area contributed by atoms with Gasteiger partial charge in [0.1, 0.15) is 17.6 Å². The molecule has 0 atom stereocenters. The van der Waals surface area contributed by atoms with E-state index in [0.717, 1.165) is 40.6 Å². The van der Waals surface area contributed by atoms with Crippen LogP contribution in [0.25, 0.3) is 27.4 Å². The van der Waals surface area contributed by atoms with Crippen LogP contribution < -0.4 is 19.8 Å². The Morgan fingerprint density at radius 1 is 0.818 bits per heavy atom. The maximum atomic E-state index is 13.9. The molecular formula is C35H30N4O5. The van der Waals surface area contributed by atoms with Gasteiger partial charge in [0.15, 0.2) is 17.3 Å². The minimum absolute atomic E-state index is 0.0925. The van der Waals surface area contributed by atoms with Crippen LogP contribution in [0.4, 0.5) is 0 Å². The molecule has 3 heterocycles. The second kappa shape index (κ2) is 11.3. The Bertz CT molecular complexity index is 2100. The molecule has 0 N–H and O–H groups in total. The molecule has 4 aromatic carbocycles. The summed E-state index contributed by atoms with van der Waals surface area (Å²) in [4.78, 5) is 36.5. The first-order valence-corrected chi connectivity index (χ1v) is 14.6. The average Bonchev–Trinajstić information content (AvgIpc) is 3.37. The largest absolute Gasteiger partial charge is 0.493 e. The quantitative estimate of drug-likeness (QED) is 0.193. The lowest BCUT2D eigenvalue weighted by Gasteiger charge is -2.19. The fourth-order valence-corrected chi connectivity index (χ4v) is 6.12.